The highest BCUT2D eigenvalue weighted by molar-refractivity contribution is 4.70. The van der Waals surface area contributed by atoms with E-state index in [0.29, 0.717) is 19.1 Å². The van der Waals surface area contributed by atoms with Gasteiger partial charge in [-0.3, -0.25) is 10.7 Å². The minimum atomic E-state index is -0.374. The average molecular weight is 221 g/mol. The van der Waals surface area contributed by atoms with Crippen molar-refractivity contribution in [2.24, 2.45) is 11.6 Å². The second-order valence-corrected chi connectivity index (χ2v) is 3.64. The van der Waals surface area contributed by atoms with Gasteiger partial charge < -0.3 is 10.8 Å². The normalized spacial score (nSPS) is 14.4. The Bertz CT molecular complexity index is 124. The molecule has 94 valence electrons. The van der Waals surface area contributed by atoms with Gasteiger partial charge in [0, 0.05) is 19.1 Å². The van der Waals surface area contributed by atoms with Gasteiger partial charge in [-0.25, -0.2) is 0 Å². The van der Waals surface area contributed by atoms with Crippen LogP contribution >= 0.6 is 0 Å². The molecule has 0 amide bonds. The summed E-state index contributed by atoms with van der Waals surface area (Å²) < 4.78 is 0. The van der Waals surface area contributed by atoms with Gasteiger partial charge in [0.25, 0.3) is 0 Å². The second kappa shape index (κ2) is 11.9. The van der Waals surface area contributed by atoms with Crippen LogP contribution in [0.1, 0.15) is 33.6 Å². The Kier molecular flexibility index (Phi) is 13.6. The molecule has 0 aliphatic heterocycles. The quantitative estimate of drug-likeness (QED) is 0.324. The third-order valence-electron chi connectivity index (χ3n) is 2.44. The Morgan fingerprint density at radius 3 is 2.20 bits per heavy atom. The number of nitrogens with two attached hydrogens (primary N) is 2. The van der Waals surface area contributed by atoms with Crippen LogP contribution in [-0.2, 0) is 0 Å². The number of nitrogens with zero attached hydrogens (tertiary/aromatic N) is 1. The fraction of sp³-hybridized carbons (Fsp3) is 1.00. The molecule has 0 saturated carbocycles. The molecule has 2 atom stereocenters. The van der Waals surface area contributed by atoms with E-state index in [1.807, 2.05) is 0 Å². The van der Waals surface area contributed by atoms with E-state index < -0.39 is 0 Å². The van der Waals surface area contributed by atoms with Crippen LogP contribution in [0, 0.1) is 0 Å². The summed E-state index contributed by atoms with van der Waals surface area (Å²) in [6, 6.07) is 0.543. The molecule has 8 N–H and O–H groups in total. The second-order valence-electron chi connectivity index (χ2n) is 3.64. The summed E-state index contributed by atoms with van der Waals surface area (Å²) in [4.78, 5) is 2.30. The van der Waals surface area contributed by atoms with E-state index in [1.165, 1.54) is 0 Å². The molecule has 0 saturated heterocycles. The highest BCUT2D eigenvalue weighted by Crippen LogP contribution is 2.05. The van der Waals surface area contributed by atoms with Gasteiger partial charge in [0.2, 0.25) is 0 Å². The Labute approximate surface area is 93.6 Å². The van der Waals surface area contributed by atoms with E-state index in [-0.39, 0.29) is 6.10 Å². The van der Waals surface area contributed by atoms with Crippen LogP contribution in [0.3, 0.4) is 0 Å². The van der Waals surface area contributed by atoms with Crippen molar-refractivity contribution in [2.75, 3.05) is 19.6 Å². The molecule has 0 aromatic rings. The van der Waals surface area contributed by atoms with Crippen LogP contribution in [-0.4, -0.2) is 41.8 Å². The zero-order chi connectivity index (χ0) is 12.3. The maximum atomic E-state index is 9.43. The average Bonchev–Trinajstić information content (AvgIpc) is 2.29. The number of quaternary nitrogens is 1. The van der Waals surface area contributed by atoms with Crippen LogP contribution in [0.5, 0.6) is 0 Å². The third kappa shape index (κ3) is 8.77. The number of rotatable bonds is 7. The fourth-order valence-electron chi connectivity index (χ4n) is 1.38. The Morgan fingerprint density at radius 2 is 1.87 bits per heavy atom. The molecule has 0 heterocycles. The minimum absolute atomic E-state index is 0.358. The first-order valence-electron chi connectivity index (χ1n) is 5.68. The molecule has 5 nitrogen and oxygen atoms in total. The Morgan fingerprint density at radius 1 is 1.33 bits per heavy atom. The van der Waals surface area contributed by atoms with Crippen molar-refractivity contribution in [1.29, 1.82) is 0 Å². The maximum Gasteiger partial charge on any atom is 0.0789 e. The van der Waals surface area contributed by atoms with E-state index >= 15 is 0 Å². The van der Waals surface area contributed by atoms with E-state index in [0.717, 1.165) is 19.4 Å². The highest BCUT2D eigenvalue weighted by atomic mass is 16.3. The molecule has 0 fully saturated rings. The van der Waals surface area contributed by atoms with Crippen LogP contribution in [0.2, 0.25) is 0 Å². The van der Waals surface area contributed by atoms with Crippen molar-refractivity contribution >= 4 is 0 Å². The lowest BCUT2D eigenvalue weighted by atomic mass is 10.2. The number of aliphatic hydroxyl groups is 1. The predicted octanol–water partition coefficient (Wildman–Crippen LogP) is -1.08. The molecule has 0 aromatic heterocycles. The molecule has 1 unspecified atom stereocenters. The molecule has 0 bridgehead atoms. The summed E-state index contributed by atoms with van der Waals surface area (Å²) in [7, 11) is 0. The molecule has 15 heavy (non-hydrogen) atoms. The van der Waals surface area contributed by atoms with Crippen LogP contribution in [0.4, 0.5) is 0 Å². The van der Waals surface area contributed by atoms with Gasteiger partial charge in [0.1, 0.15) is 0 Å². The third-order valence-corrected chi connectivity index (χ3v) is 2.44. The van der Waals surface area contributed by atoms with Crippen molar-refractivity contribution in [3.05, 3.63) is 0 Å². The van der Waals surface area contributed by atoms with Crippen molar-refractivity contribution in [3.8, 4) is 0 Å². The summed E-state index contributed by atoms with van der Waals surface area (Å²) in [6.07, 6.45) is 1.87. The van der Waals surface area contributed by atoms with Crippen LogP contribution in [0.15, 0.2) is 0 Å². The topological polar surface area (TPSA) is 103 Å². The number of hydrogen-bond acceptors (Lipinski definition) is 4. The zero-order valence-corrected chi connectivity index (χ0v) is 10.4. The van der Waals surface area contributed by atoms with Crippen molar-refractivity contribution in [2.45, 2.75) is 45.8 Å². The molecule has 0 radical (unpaired) electrons. The van der Waals surface area contributed by atoms with E-state index in [9.17, 15) is 5.11 Å². The molecular weight excluding hydrogens is 192 g/mol. The Balaban J connectivity index is 0. The minimum Gasteiger partial charge on any atom is -0.390 e. The molecule has 0 aliphatic rings. The van der Waals surface area contributed by atoms with Gasteiger partial charge in [-0.2, -0.15) is 5.84 Å². The first-order chi connectivity index (χ1) is 7.15. The van der Waals surface area contributed by atoms with Crippen LogP contribution in [0.25, 0.3) is 0 Å². The lowest BCUT2D eigenvalue weighted by Gasteiger charge is -2.29. The van der Waals surface area contributed by atoms with E-state index in [2.05, 4.69) is 37.4 Å². The number of aliphatic hydroxyl groups excluding tert-OH is 1. The molecule has 0 spiro atoms. The molecule has 5 heteroatoms. The van der Waals surface area contributed by atoms with Crippen molar-refractivity contribution in [1.82, 2.24) is 4.90 Å². The van der Waals surface area contributed by atoms with Gasteiger partial charge in [0.15, 0.2) is 0 Å². The summed E-state index contributed by atoms with van der Waals surface area (Å²) in [5, 5.41) is 9.43. The first-order valence-corrected chi connectivity index (χ1v) is 5.68. The molecule has 0 aliphatic carbocycles. The molecule has 0 rings (SSSR count). The van der Waals surface area contributed by atoms with Crippen molar-refractivity contribution in [3.63, 3.8) is 0 Å². The first kappa shape index (κ1) is 17.2. The van der Waals surface area contributed by atoms with Crippen molar-refractivity contribution < 1.29 is 10.9 Å². The van der Waals surface area contributed by atoms with E-state index in [4.69, 9.17) is 5.73 Å². The van der Waals surface area contributed by atoms with E-state index in [1.54, 1.807) is 0 Å². The monoisotopic (exact) mass is 221 g/mol. The summed E-state index contributed by atoms with van der Waals surface area (Å²) in [6.45, 7) is 8.63. The smallest absolute Gasteiger partial charge is 0.0789 e. The van der Waals surface area contributed by atoms with Crippen LogP contribution < -0.4 is 17.4 Å². The lowest BCUT2D eigenvalue weighted by molar-refractivity contribution is -0.379. The summed E-state index contributed by atoms with van der Waals surface area (Å²) in [5.41, 5.74) is 5.38. The SMILES string of the molecule is CCCN(C[C@@H](O)CN)C(C)CC.N[NH3+]. The van der Waals surface area contributed by atoms with Gasteiger partial charge in [-0.1, -0.05) is 13.8 Å². The molecular formula is C10H29N4O+. The predicted molar refractivity (Wildman–Crippen MR) is 63.8 cm³/mol. The van der Waals surface area contributed by atoms with Gasteiger partial charge in [0.05, 0.1) is 6.10 Å². The highest BCUT2D eigenvalue weighted by Gasteiger charge is 2.14. The van der Waals surface area contributed by atoms with Gasteiger partial charge >= 0.3 is 0 Å². The lowest BCUT2D eigenvalue weighted by Crippen LogP contribution is -2.59. The Hall–Kier alpha value is -0.200. The zero-order valence-electron chi connectivity index (χ0n) is 10.4. The maximum absolute atomic E-state index is 9.43. The summed E-state index contributed by atoms with van der Waals surface area (Å²) >= 11 is 0. The summed E-state index contributed by atoms with van der Waals surface area (Å²) in [5.74, 6) is 7.00. The van der Waals surface area contributed by atoms with Gasteiger partial charge in [-0.05, 0) is 26.3 Å². The standard InChI is InChI=1S/C10H24N2O.H4N2/c1-4-6-12(9(3)5-2)8-10(13)7-11;1-2/h9-10,13H,4-8,11H2,1-3H3;1-2H2/p+1/t9?,10-;/m0./s1. The number of hydrogen-bond donors (Lipinski definition) is 4. The molecule has 0 aromatic carbocycles. The van der Waals surface area contributed by atoms with Gasteiger partial charge in [-0.15, -0.1) is 0 Å². The largest absolute Gasteiger partial charge is 0.390 e. The fourth-order valence-corrected chi connectivity index (χ4v) is 1.38.